The molecule has 2 aliphatic heterocycles. The molecule has 6 heteroatoms. The third-order valence-electron chi connectivity index (χ3n) is 3.66. The van der Waals surface area contributed by atoms with E-state index in [-0.39, 0.29) is 6.61 Å². The zero-order valence-electron chi connectivity index (χ0n) is 11.0. The van der Waals surface area contributed by atoms with E-state index < -0.39 is 0 Å². The highest BCUT2D eigenvalue weighted by Crippen LogP contribution is 2.28. The van der Waals surface area contributed by atoms with Crippen LogP contribution < -0.4 is 10.2 Å². The molecule has 0 aliphatic carbocycles. The molecule has 19 heavy (non-hydrogen) atoms. The molecule has 1 atom stereocenters. The molecule has 2 aliphatic rings. The Balaban J connectivity index is 1.83. The molecule has 1 aromatic rings. The minimum Gasteiger partial charge on any atom is -0.395 e. The van der Waals surface area contributed by atoms with Gasteiger partial charge in [-0.05, 0) is 12.8 Å². The Morgan fingerprint density at radius 3 is 2.95 bits per heavy atom. The minimum atomic E-state index is 0.0825. The van der Waals surface area contributed by atoms with Crippen LogP contribution in [0.15, 0.2) is 6.07 Å². The molecule has 3 rings (SSSR count). The van der Waals surface area contributed by atoms with Gasteiger partial charge in [0.15, 0.2) is 0 Å². The molecule has 0 aromatic carbocycles. The third-order valence-corrected chi connectivity index (χ3v) is 3.66. The third kappa shape index (κ3) is 2.79. The van der Waals surface area contributed by atoms with Crippen LogP contribution >= 0.6 is 0 Å². The lowest BCUT2D eigenvalue weighted by atomic mass is 10.0. The highest BCUT2D eigenvalue weighted by Gasteiger charge is 2.23. The maximum absolute atomic E-state index is 8.90. The number of aromatic nitrogens is 2. The molecule has 2 fully saturated rings. The molecule has 0 spiro atoms. The summed E-state index contributed by atoms with van der Waals surface area (Å²) in [5.41, 5.74) is 1.05. The summed E-state index contributed by atoms with van der Waals surface area (Å²) in [6.45, 7) is 4.25. The molecule has 0 radical (unpaired) electrons. The first kappa shape index (κ1) is 12.6. The van der Waals surface area contributed by atoms with Crippen LogP contribution in [0.2, 0.25) is 0 Å². The Kier molecular flexibility index (Phi) is 3.79. The molecule has 0 saturated carbocycles. The second-order valence-corrected chi connectivity index (χ2v) is 5.03. The van der Waals surface area contributed by atoms with E-state index in [9.17, 15) is 0 Å². The molecule has 2 saturated heterocycles. The summed E-state index contributed by atoms with van der Waals surface area (Å²) in [7, 11) is 0. The molecular formula is C13H20N4O2. The van der Waals surface area contributed by atoms with Gasteiger partial charge in [-0.15, -0.1) is 0 Å². The SMILES string of the molecule is OCCNc1nc([C@H]2CCOC2)cc(N2CCC2)n1. The first-order valence-corrected chi connectivity index (χ1v) is 6.93. The van der Waals surface area contributed by atoms with Gasteiger partial charge in [-0.2, -0.15) is 4.98 Å². The van der Waals surface area contributed by atoms with Crippen molar-refractivity contribution in [3.05, 3.63) is 11.8 Å². The summed E-state index contributed by atoms with van der Waals surface area (Å²) < 4.78 is 5.44. The van der Waals surface area contributed by atoms with Gasteiger partial charge in [0.2, 0.25) is 5.95 Å². The van der Waals surface area contributed by atoms with Gasteiger partial charge in [-0.25, -0.2) is 4.98 Å². The van der Waals surface area contributed by atoms with Gasteiger partial charge in [0, 0.05) is 38.2 Å². The number of anilines is 2. The molecule has 3 heterocycles. The molecular weight excluding hydrogens is 244 g/mol. The van der Waals surface area contributed by atoms with Crippen molar-refractivity contribution in [3.63, 3.8) is 0 Å². The standard InChI is InChI=1S/C13H20N4O2/c18-6-3-14-13-15-11(10-2-7-19-9-10)8-12(16-13)17-4-1-5-17/h8,10,18H,1-7,9H2,(H,14,15,16)/t10-/m0/s1. The van der Waals surface area contributed by atoms with Crippen LogP contribution in [0.1, 0.15) is 24.5 Å². The monoisotopic (exact) mass is 264 g/mol. The van der Waals surface area contributed by atoms with Crippen LogP contribution in [0.4, 0.5) is 11.8 Å². The Morgan fingerprint density at radius 2 is 2.32 bits per heavy atom. The average molecular weight is 264 g/mol. The Bertz CT molecular complexity index is 431. The van der Waals surface area contributed by atoms with Crippen molar-refractivity contribution in [2.45, 2.75) is 18.8 Å². The summed E-state index contributed by atoms with van der Waals surface area (Å²) in [5.74, 6) is 1.97. The van der Waals surface area contributed by atoms with Crippen LogP contribution in [0.5, 0.6) is 0 Å². The number of hydrogen-bond acceptors (Lipinski definition) is 6. The van der Waals surface area contributed by atoms with Crippen molar-refractivity contribution in [3.8, 4) is 0 Å². The lowest BCUT2D eigenvalue weighted by Gasteiger charge is -2.32. The lowest BCUT2D eigenvalue weighted by Crippen LogP contribution is -2.38. The lowest BCUT2D eigenvalue weighted by molar-refractivity contribution is 0.193. The number of aliphatic hydroxyl groups excluding tert-OH is 1. The molecule has 2 N–H and O–H groups in total. The second-order valence-electron chi connectivity index (χ2n) is 5.03. The van der Waals surface area contributed by atoms with Gasteiger partial charge in [-0.1, -0.05) is 0 Å². The summed E-state index contributed by atoms with van der Waals surface area (Å²) in [6, 6.07) is 2.09. The largest absolute Gasteiger partial charge is 0.395 e. The first-order chi connectivity index (χ1) is 9.36. The number of aliphatic hydroxyl groups is 1. The van der Waals surface area contributed by atoms with E-state index in [1.807, 2.05) is 0 Å². The molecule has 104 valence electrons. The Morgan fingerprint density at radius 1 is 1.42 bits per heavy atom. The molecule has 1 aromatic heterocycles. The van der Waals surface area contributed by atoms with Gasteiger partial charge < -0.3 is 20.1 Å². The van der Waals surface area contributed by atoms with E-state index in [0.717, 1.165) is 44.2 Å². The quantitative estimate of drug-likeness (QED) is 0.811. The van der Waals surface area contributed by atoms with E-state index >= 15 is 0 Å². The fourth-order valence-corrected chi connectivity index (χ4v) is 2.38. The van der Waals surface area contributed by atoms with E-state index in [1.165, 1.54) is 6.42 Å². The number of hydrogen-bond donors (Lipinski definition) is 2. The van der Waals surface area contributed by atoms with Crippen molar-refractivity contribution in [1.29, 1.82) is 0 Å². The van der Waals surface area contributed by atoms with Crippen LogP contribution in [0.3, 0.4) is 0 Å². The Hall–Kier alpha value is -1.40. The highest BCUT2D eigenvalue weighted by atomic mass is 16.5. The predicted molar refractivity (Wildman–Crippen MR) is 72.6 cm³/mol. The van der Waals surface area contributed by atoms with Gasteiger partial charge in [-0.3, -0.25) is 0 Å². The second kappa shape index (κ2) is 5.71. The van der Waals surface area contributed by atoms with Crippen molar-refractivity contribution in [2.75, 3.05) is 49.7 Å². The van der Waals surface area contributed by atoms with Crippen LogP contribution in [0, 0.1) is 0 Å². The number of nitrogens with zero attached hydrogens (tertiary/aromatic N) is 3. The van der Waals surface area contributed by atoms with E-state index in [1.54, 1.807) is 0 Å². The number of ether oxygens (including phenoxy) is 1. The minimum absolute atomic E-state index is 0.0825. The molecule has 0 bridgehead atoms. The molecule has 0 unspecified atom stereocenters. The maximum Gasteiger partial charge on any atom is 0.224 e. The Labute approximate surface area is 112 Å². The zero-order valence-corrected chi connectivity index (χ0v) is 11.0. The predicted octanol–water partition coefficient (Wildman–Crippen LogP) is 0.595. The van der Waals surface area contributed by atoms with Crippen molar-refractivity contribution in [2.24, 2.45) is 0 Å². The number of rotatable bonds is 5. The first-order valence-electron chi connectivity index (χ1n) is 6.93. The van der Waals surface area contributed by atoms with Crippen LogP contribution in [-0.2, 0) is 4.74 Å². The van der Waals surface area contributed by atoms with Crippen molar-refractivity contribution < 1.29 is 9.84 Å². The molecule has 0 amide bonds. The summed E-state index contributed by atoms with van der Waals surface area (Å²) >= 11 is 0. The summed E-state index contributed by atoms with van der Waals surface area (Å²) in [4.78, 5) is 11.3. The highest BCUT2D eigenvalue weighted by molar-refractivity contribution is 5.47. The van der Waals surface area contributed by atoms with Gasteiger partial charge in [0.05, 0.1) is 18.9 Å². The average Bonchev–Trinajstić information content (AvgIpc) is 2.88. The summed E-state index contributed by atoms with van der Waals surface area (Å²) in [5, 5.41) is 12.0. The summed E-state index contributed by atoms with van der Waals surface area (Å²) in [6.07, 6.45) is 2.25. The fraction of sp³-hybridized carbons (Fsp3) is 0.692. The maximum atomic E-state index is 8.90. The molecule has 6 nitrogen and oxygen atoms in total. The zero-order chi connectivity index (χ0) is 13.1. The van der Waals surface area contributed by atoms with Crippen molar-refractivity contribution >= 4 is 11.8 Å². The number of nitrogens with one attached hydrogen (secondary N) is 1. The van der Waals surface area contributed by atoms with Gasteiger partial charge in [0.1, 0.15) is 5.82 Å². The van der Waals surface area contributed by atoms with E-state index in [4.69, 9.17) is 9.84 Å². The van der Waals surface area contributed by atoms with Gasteiger partial charge in [0.25, 0.3) is 0 Å². The van der Waals surface area contributed by atoms with E-state index in [0.29, 0.717) is 18.4 Å². The fourth-order valence-electron chi connectivity index (χ4n) is 2.38. The van der Waals surface area contributed by atoms with Crippen LogP contribution in [0.25, 0.3) is 0 Å². The van der Waals surface area contributed by atoms with Gasteiger partial charge >= 0.3 is 0 Å². The topological polar surface area (TPSA) is 70.5 Å². The normalized spacial score (nSPS) is 22.4. The van der Waals surface area contributed by atoms with Crippen LogP contribution in [-0.4, -0.2) is 54.5 Å². The smallest absolute Gasteiger partial charge is 0.224 e. The van der Waals surface area contributed by atoms with Crippen molar-refractivity contribution in [1.82, 2.24) is 9.97 Å². The van der Waals surface area contributed by atoms with E-state index in [2.05, 4.69) is 26.3 Å².